The molecule has 0 bridgehead atoms. The summed E-state index contributed by atoms with van der Waals surface area (Å²) in [6, 6.07) is 1.51. The summed E-state index contributed by atoms with van der Waals surface area (Å²) >= 11 is 4.57. The molecule has 5 atom stereocenters. The number of H-pyrrole nitrogens is 1. The van der Waals surface area contributed by atoms with Crippen molar-refractivity contribution in [3.05, 3.63) is 55.7 Å². The lowest BCUT2D eigenvalue weighted by atomic mass is 9.78. The van der Waals surface area contributed by atoms with Crippen LogP contribution in [0.1, 0.15) is 68.5 Å². The normalized spacial score (nSPS) is 32.6. The van der Waals surface area contributed by atoms with Crippen LogP contribution in [0, 0.1) is 16.3 Å². The van der Waals surface area contributed by atoms with Gasteiger partial charge in [-0.05, 0) is 22.5 Å². The van der Waals surface area contributed by atoms with Crippen molar-refractivity contribution in [2.75, 3.05) is 6.56 Å². The number of hydrogen-bond donors (Lipinski definition) is 3. The summed E-state index contributed by atoms with van der Waals surface area (Å²) in [4.78, 5) is 14.1. The summed E-state index contributed by atoms with van der Waals surface area (Å²) in [5, 5.41) is 21.0. The summed E-state index contributed by atoms with van der Waals surface area (Å²) in [6.45, 7) is 5.82. The van der Waals surface area contributed by atoms with Crippen LogP contribution in [0.3, 0.4) is 0 Å². The van der Waals surface area contributed by atoms with Crippen LogP contribution < -0.4 is 10.2 Å². The molecule has 0 radical (unpaired) electrons. The van der Waals surface area contributed by atoms with Crippen molar-refractivity contribution in [3.8, 4) is 5.75 Å². The van der Waals surface area contributed by atoms with E-state index in [2.05, 4.69) is 12.2 Å². The number of benzene rings is 1. The molecule has 10 nitrogen and oxygen atoms in total. The molecule has 1 saturated heterocycles. The number of nitrogens with one attached hydrogen (secondary N) is 1. The molecule has 15 heteroatoms. The van der Waals surface area contributed by atoms with Gasteiger partial charge in [0.15, 0.2) is 12.0 Å². The first kappa shape index (κ1) is 25.9. The fourth-order valence-electron chi connectivity index (χ4n) is 3.97. The largest absolute Gasteiger partial charge is 0.530 e. The maximum Gasteiger partial charge on any atom is 0.530 e. The van der Waals surface area contributed by atoms with Gasteiger partial charge in [-0.1, -0.05) is 53.8 Å². The van der Waals surface area contributed by atoms with Gasteiger partial charge in [0.05, 0.1) is 22.5 Å². The molecule has 0 spiro atoms. The van der Waals surface area contributed by atoms with E-state index in [-0.39, 0.29) is 22.1 Å². The van der Waals surface area contributed by atoms with Crippen LogP contribution in [-0.4, -0.2) is 44.4 Å². The van der Waals surface area contributed by atoms with Gasteiger partial charge in [0.2, 0.25) is 0 Å². The molecule has 0 saturated carbocycles. The number of hydrogen-bond acceptors (Lipinski definition) is 9. The van der Waals surface area contributed by atoms with Gasteiger partial charge in [0, 0.05) is 5.56 Å². The fraction of sp³-hybridized carbons (Fsp3) is 0.583. The number of aromatic amines is 1. The fourth-order valence-corrected chi connectivity index (χ4v) is 5.21. The lowest BCUT2D eigenvalue weighted by Gasteiger charge is -2.34. The standard InChI is InChI=1S/C24H30F3N2O8PS/c1-22(2,3)12-7-13(23(4,5)6)17-11(15(12)26)9-34-38(33,37-17)35-10-24(27)18(31)16(30)20(36-24)29-8-14(25)19(39)28-21(29)32/h7-8,16,18,20,30-31H,9-10H2,1-6H3,(H,28,32,39)/t16-,18+,20-,24-,38?/m1/s1/i10D2,20D. The Balaban J connectivity index is 1.74. The zero-order valence-corrected chi connectivity index (χ0v) is 23.5. The maximum absolute atomic E-state index is 16.2. The van der Waals surface area contributed by atoms with Crippen molar-refractivity contribution >= 4 is 20.0 Å². The highest BCUT2D eigenvalue weighted by Gasteiger charge is 2.58. The Morgan fingerprint density at radius 2 is 1.90 bits per heavy atom. The van der Waals surface area contributed by atoms with E-state index in [1.807, 2.05) is 4.98 Å². The first-order valence-electron chi connectivity index (χ1n) is 13.2. The molecule has 216 valence electrons. The molecule has 1 aromatic heterocycles. The summed E-state index contributed by atoms with van der Waals surface area (Å²) < 4.78 is 103. The van der Waals surface area contributed by atoms with Crippen LogP contribution in [0.15, 0.2) is 17.1 Å². The van der Waals surface area contributed by atoms with Crippen molar-refractivity contribution in [2.24, 2.45) is 0 Å². The molecule has 0 aliphatic carbocycles. The predicted octanol–water partition coefficient (Wildman–Crippen LogP) is 4.43. The number of ether oxygens (including phenoxy) is 1. The van der Waals surface area contributed by atoms with Gasteiger partial charge < -0.3 is 19.5 Å². The number of rotatable bonds is 4. The van der Waals surface area contributed by atoms with Crippen molar-refractivity contribution < 1.29 is 50.4 Å². The van der Waals surface area contributed by atoms with Crippen LogP contribution >= 0.6 is 20.0 Å². The zero-order chi connectivity index (χ0) is 32.0. The molecule has 2 aliphatic rings. The Hall–Kier alpha value is -2.06. The first-order chi connectivity index (χ1) is 18.9. The van der Waals surface area contributed by atoms with Gasteiger partial charge in [-0.3, -0.25) is 18.6 Å². The van der Waals surface area contributed by atoms with Crippen LogP contribution in [0.4, 0.5) is 13.2 Å². The average molecular weight is 598 g/mol. The first-order valence-corrected chi connectivity index (χ1v) is 13.5. The van der Waals surface area contributed by atoms with E-state index < -0.39 is 78.1 Å². The average Bonchev–Trinajstić information content (AvgIpc) is 3.00. The van der Waals surface area contributed by atoms with Crippen LogP contribution in [0.25, 0.3) is 0 Å². The monoisotopic (exact) mass is 597 g/mol. The zero-order valence-electron chi connectivity index (χ0n) is 24.8. The van der Waals surface area contributed by atoms with E-state index in [1.165, 1.54) is 6.07 Å². The summed E-state index contributed by atoms with van der Waals surface area (Å²) in [7, 11) is -5.18. The van der Waals surface area contributed by atoms with Crippen molar-refractivity contribution in [2.45, 2.75) is 83.2 Å². The molecular weight excluding hydrogens is 564 g/mol. The van der Waals surface area contributed by atoms with Crippen molar-refractivity contribution in [1.29, 1.82) is 0 Å². The second-order valence-corrected chi connectivity index (χ2v) is 13.1. The highest BCUT2D eigenvalue weighted by molar-refractivity contribution is 7.71. The Labute approximate surface area is 231 Å². The van der Waals surface area contributed by atoms with Gasteiger partial charge in [-0.25, -0.2) is 22.5 Å². The number of alkyl halides is 1. The smallest absolute Gasteiger partial charge is 0.403 e. The molecule has 2 aliphatic heterocycles. The minimum absolute atomic E-state index is 0.000579. The Kier molecular flexibility index (Phi) is 6.50. The highest BCUT2D eigenvalue weighted by atomic mass is 32.1. The molecule has 39 heavy (non-hydrogen) atoms. The third kappa shape index (κ3) is 5.48. The van der Waals surface area contributed by atoms with Crippen molar-refractivity contribution in [3.63, 3.8) is 0 Å². The van der Waals surface area contributed by atoms with Gasteiger partial charge in [0.1, 0.15) is 35.0 Å². The molecule has 4 rings (SSSR count). The molecular formula is C24H30F3N2O8PS. The number of aliphatic hydroxyl groups excluding tert-OH is 2. The SMILES string of the molecule is [2H]C([2H])(OP1(=O)OCc2c(F)c(C(C)(C)C)cc(C(C)(C)C)c2O1)[C@@]1(F)O[C@@]([2H])(n2cc(F)c(=S)[nH]c2=O)[C@H](O)[C@@H]1O. The molecule has 3 N–H and O–H groups in total. The summed E-state index contributed by atoms with van der Waals surface area (Å²) in [5.74, 6) is -6.52. The lowest BCUT2D eigenvalue weighted by molar-refractivity contribution is -0.205. The Morgan fingerprint density at radius 1 is 1.28 bits per heavy atom. The van der Waals surface area contributed by atoms with E-state index in [1.54, 1.807) is 41.5 Å². The number of fused-ring (bicyclic) bond motifs is 1. The van der Waals surface area contributed by atoms with E-state index in [4.69, 9.17) is 22.4 Å². The number of nitrogens with zero attached hydrogens (tertiary/aromatic N) is 1. The van der Waals surface area contributed by atoms with Crippen LogP contribution in [-0.2, 0) is 35.8 Å². The number of halogens is 3. The van der Waals surface area contributed by atoms with E-state index >= 15 is 8.78 Å². The molecule has 1 aromatic carbocycles. The van der Waals surface area contributed by atoms with Crippen molar-refractivity contribution in [1.82, 2.24) is 9.55 Å². The minimum atomic E-state index is -5.18. The third-order valence-corrected chi connectivity index (χ3v) is 7.58. The Bertz CT molecular complexity index is 1610. The minimum Gasteiger partial charge on any atom is -0.403 e. The third-order valence-electron chi connectivity index (χ3n) is 6.11. The molecule has 1 unspecified atom stereocenters. The van der Waals surface area contributed by atoms with E-state index in [0.717, 1.165) is 0 Å². The lowest BCUT2D eigenvalue weighted by Crippen LogP contribution is -2.43. The summed E-state index contributed by atoms with van der Waals surface area (Å²) in [5.41, 5.74) is -2.26. The van der Waals surface area contributed by atoms with Gasteiger partial charge >= 0.3 is 13.5 Å². The van der Waals surface area contributed by atoms with Gasteiger partial charge in [0.25, 0.3) is 5.85 Å². The number of aromatic nitrogens is 2. The van der Waals surface area contributed by atoms with Crippen LogP contribution in [0.5, 0.6) is 5.75 Å². The number of phosphoric ester groups is 1. The second-order valence-electron chi connectivity index (χ2n) is 11.2. The molecule has 0 amide bonds. The highest BCUT2D eigenvalue weighted by Crippen LogP contribution is 2.58. The predicted molar refractivity (Wildman–Crippen MR) is 135 cm³/mol. The number of aliphatic hydroxyl groups is 2. The topological polar surface area (TPSA) is 132 Å². The quantitative estimate of drug-likeness (QED) is 0.346. The van der Waals surface area contributed by atoms with Gasteiger partial charge in [-0.2, -0.15) is 0 Å². The second kappa shape index (κ2) is 9.79. The van der Waals surface area contributed by atoms with Gasteiger partial charge in [-0.15, -0.1) is 0 Å². The summed E-state index contributed by atoms with van der Waals surface area (Å²) in [6.07, 6.45) is -8.78. The van der Waals surface area contributed by atoms with Crippen LogP contribution in [0.2, 0.25) is 0 Å². The van der Waals surface area contributed by atoms with E-state index in [9.17, 15) is 24.0 Å². The Morgan fingerprint density at radius 3 is 2.49 bits per heavy atom. The molecule has 2 aromatic rings. The molecule has 1 fully saturated rings. The number of phosphoric acid groups is 1. The maximum atomic E-state index is 16.2. The van der Waals surface area contributed by atoms with E-state index in [0.29, 0.717) is 11.1 Å². The molecule has 3 heterocycles.